The fraction of sp³-hybridized carbons (Fsp3) is 0.400. The van der Waals surface area contributed by atoms with Gasteiger partial charge in [-0.2, -0.15) is 11.8 Å². The normalized spacial score (nSPS) is 21.1. The van der Waals surface area contributed by atoms with Gasteiger partial charge in [0.2, 0.25) is 10.0 Å². The number of aromatic hydroxyl groups is 1. The Morgan fingerprint density at radius 1 is 1.38 bits per heavy atom. The number of sulfonamides is 1. The molecule has 1 unspecified atom stereocenters. The van der Waals surface area contributed by atoms with Crippen LogP contribution in [0.2, 0.25) is 0 Å². The van der Waals surface area contributed by atoms with Gasteiger partial charge in [-0.3, -0.25) is 0 Å². The lowest BCUT2D eigenvalue weighted by Gasteiger charge is -2.12. The van der Waals surface area contributed by atoms with Gasteiger partial charge in [-0.15, -0.1) is 0 Å². The Labute approximate surface area is 99.1 Å². The van der Waals surface area contributed by atoms with Crippen LogP contribution in [0.4, 0.5) is 0 Å². The minimum absolute atomic E-state index is 0.0189. The van der Waals surface area contributed by atoms with Crippen molar-refractivity contribution < 1.29 is 13.5 Å². The largest absolute Gasteiger partial charge is 0.507 e. The quantitative estimate of drug-likeness (QED) is 0.855. The van der Waals surface area contributed by atoms with Gasteiger partial charge in [0.15, 0.2) is 0 Å². The zero-order chi connectivity index (χ0) is 11.6. The molecule has 1 aliphatic heterocycles. The molecule has 0 amide bonds. The predicted octanol–water partition coefficient (Wildman–Crippen LogP) is 1.18. The fourth-order valence-electron chi connectivity index (χ4n) is 1.59. The van der Waals surface area contributed by atoms with E-state index in [9.17, 15) is 13.5 Å². The predicted molar refractivity (Wildman–Crippen MR) is 64.2 cm³/mol. The van der Waals surface area contributed by atoms with Gasteiger partial charge in [-0.25, -0.2) is 13.1 Å². The summed E-state index contributed by atoms with van der Waals surface area (Å²) < 4.78 is 26.5. The lowest BCUT2D eigenvalue weighted by atomic mass is 10.3. The maximum Gasteiger partial charge on any atom is 0.244 e. The van der Waals surface area contributed by atoms with E-state index in [0.717, 1.165) is 17.9 Å². The molecule has 1 fully saturated rings. The molecule has 1 saturated heterocycles. The molecule has 2 rings (SSSR count). The molecule has 0 saturated carbocycles. The van der Waals surface area contributed by atoms with Gasteiger partial charge < -0.3 is 5.11 Å². The molecule has 6 heteroatoms. The fourth-order valence-corrected chi connectivity index (χ4v) is 4.22. The summed E-state index contributed by atoms with van der Waals surface area (Å²) in [5, 5.41) is 9.50. The van der Waals surface area contributed by atoms with Crippen molar-refractivity contribution in [1.82, 2.24) is 4.72 Å². The van der Waals surface area contributed by atoms with Crippen molar-refractivity contribution in [2.45, 2.75) is 17.4 Å². The summed E-state index contributed by atoms with van der Waals surface area (Å²) in [4.78, 5) is -0.0492. The van der Waals surface area contributed by atoms with E-state index >= 15 is 0 Å². The molecule has 1 heterocycles. The monoisotopic (exact) mass is 259 g/mol. The Bertz CT molecular complexity index is 467. The first-order chi connectivity index (χ1) is 7.59. The summed E-state index contributed by atoms with van der Waals surface area (Å²) in [6.07, 6.45) is 0.845. The number of phenolic OH excluding ortho intramolecular Hbond substituents is 1. The van der Waals surface area contributed by atoms with E-state index in [0.29, 0.717) is 0 Å². The second kappa shape index (κ2) is 4.65. The van der Waals surface area contributed by atoms with Crippen LogP contribution in [0.5, 0.6) is 5.75 Å². The van der Waals surface area contributed by atoms with E-state index in [1.54, 1.807) is 23.9 Å². The van der Waals surface area contributed by atoms with Crippen LogP contribution in [0.15, 0.2) is 29.2 Å². The third-order valence-corrected chi connectivity index (χ3v) is 5.14. The average molecular weight is 259 g/mol. The van der Waals surface area contributed by atoms with Gasteiger partial charge in [0.05, 0.1) is 0 Å². The molecule has 16 heavy (non-hydrogen) atoms. The van der Waals surface area contributed by atoms with E-state index in [-0.39, 0.29) is 16.7 Å². The molecule has 88 valence electrons. The van der Waals surface area contributed by atoms with Crippen molar-refractivity contribution >= 4 is 21.8 Å². The number of rotatable bonds is 3. The topological polar surface area (TPSA) is 66.4 Å². The first kappa shape index (κ1) is 11.8. The van der Waals surface area contributed by atoms with E-state index in [2.05, 4.69) is 4.72 Å². The second-order valence-electron chi connectivity index (χ2n) is 3.65. The number of thioether (sulfide) groups is 1. The van der Waals surface area contributed by atoms with Gasteiger partial charge in [-0.1, -0.05) is 12.1 Å². The van der Waals surface area contributed by atoms with Gasteiger partial charge in [0.25, 0.3) is 0 Å². The molecule has 1 aromatic rings. The highest BCUT2D eigenvalue weighted by Crippen LogP contribution is 2.24. The van der Waals surface area contributed by atoms with E-state index in [1.165, 1.54) is 12.1 Å². The summed E-state index contributed by atoms with van der Waals surface area (Å²) in [6.45, 7) is 0. The zero-order valence-corrected chi connectivity index (χ0v) is 10.2. The van der Waals surface area contributed by atoms with Gasteiger partial charge in [-0.05, 0) is 24.3 Å². The minimum Gasteiger partial charge on any atom is -0.507 e. The first-order valence-corrected chi connectivity index (χ1v) is 7.61. The summed E-state index contributed by atoms with van der Waals surface area (Å²) in [6, 6.07) is 5.95. The third kappa shape index (κ3) is 2.50. The molecule has 4 nitrogen and oxygen atoms in total. The van der Waals surface area contributed by atoms with Crippen molar-refractivity contribution in [2.75, 3.05) is 11.5 Å². The summed E-state index contributed by atoms with van der Waals surface area (Å²) in [5.41, 5.74) is 0. The van der Waals surface area contributed by atoms with Gasteiger partial charge in [0.1, 0.15) is 10.6 Å². The molecule has 0 radical (unpaired) electrons. The lowest BCUT2D eigenvalue weighted by molar-refractivity contribution is 0.457. The number of hydrogen-bond acceptors (Lipinski definition) is 4. The van der Waals surface area contributed by atoms with Gasteiger partial charge in [0, 0.05) is 11.8 Å². The van der Waals surface area contributed by atoms with Crippen LogP contribution in [0.25, 0.3) is 0 Å². The highest BCUT2D eigenvalue weighted by atomic mass is 32.2. The summed E-state index contributed by atoms with van der Waals surface area (Å²) in [5.74, 6) is 1.57. The van der Waals surface area contributed by atoms with Crippen LogP contribution < -0.4 is 4.72 Å². The molecule has 1 atom stereocenters. The van der Waals surface area contributed by atoms with Crippen LogP contribution in [-0.2, 0) is 10.0 Å². The van der Waals surface area contributed by atoms with Crippen LogP contribution in [0.1, 0.15) is 6.42 Å². The van der Waals surface area contributed by atoms with Crippen molar-refractivity contribution in [1.29, 1.82) is 0 Å². The molecular weight excluding hydrogens is 246 g/mol. The average Bonchev–Trinajstić information content (AvgIpc) is 2.70. The maximum atomic E-state index is 11.9. The van der Waals surface area contributed by atoms with Crippen LogP contribution in [0, 0.1) is 0 Å². The second-order valence-corrected chi connectivity index (χ2v) is 6.48. The van der Waals surface area contributed by atoms with E-state index in [4.69, 9.17) is 0 Å². The third-order valence-electron chi connectivity index (χ3n) is 2.41. The van der Waals surface area contributed by atoms with Crippen molar-refractivity contribution in [3.63, 3.8) is 0 Å². The Morgan fingerprint density at radius 3 is 2.75 bits per heavy atom. The van der Waals surface area contributed by atoms with E-state index < -0.39 is 10.0 Å². The number of hydrogen-bond donors (Lipinski definition) is 2. The Morgan fingerprint density at radius 2 is 2.12 bits per heavy atom. The highest BCUT2D eigenvalue weighted by molar-refractivity contribution is 7.99. The molecule has 0 aliphatic carbocycles. The van der Waals surface area contributed by atoms with Crippen LogP contribution in [-0.4, -0.2) is 31.1 Å². The Hall–Kier alpha value is -0.720. The Balaban J connectivity index is 2.21. The lowest BCUT2D eigenvalue weighted by Crippen LogP contribution is -2.34. The number of phenols is 1. The first-order valence-electron chi connectivity index (χ1n) is 4.98. The van der Waals surface area contributed by atoms with E-state index in [1.807, 2.05) is 0 Å². The summed E-state index contributed by atoms with van der Waals surface area (Å²) >= 11 is 1.73. The molecule has 0 bridgehead atoms. The number of para-hydroxylation sites is 1. The standard InChI is InChI=1S/C10H13NO3S2/c12-9-3-1-2-4-10(9)16(13,14)11-8-5-6-15-7-8/h1-4,8,11-12H,5-7H2. The van der Waals surface area contributed by atoms with Crippen molar-refractivity contribution in [3.8, 4) is 5.75 Å². The van der Waals surface area contributed by atoms with Crippen LogP contribution in [0.3, 0.4) is 0 Å². The highest BCUT2D eigenvalue weighted by Gasteiger charge is 2.24. The molecular formula is C10H13NO3S2. The molecule has 0 spiro atoms. The zero-order valence-electron chi connectivity index (χ0n) is 8.59. The molecule has 1 aliphatic rings. The Kier molecular flexibility index (Phi) is 3.41. The van der Waals surface area contributed by atoms with Crippen LogP contribution >= 0.6 is 11.8 Å². The number of benzene rings is 1. The minimum atomic E-state index is -3.59. The van der Waals surface area contributed by atoms with Crippen molar-refractivity contribution in [2.24, 2.45) is 0 Å². The smallest absolute Gasteiger partial charge is 0.244 e. The SMILES string of the molecule is O=S(=O)(NC1CCSC1)c1ccccc1O. The van der Waals surface area contributed by atoms with Crippen molar-refractivity contribution in [3.05, 3.63) is 24.3 Å². The maximum absolute atomic E-state index is 11.9. The molecule has 1 aromatic carbocycles. The van der Waals surface area contributed by atoms with Gasteiger partial charge >= 0.3 is 0 Å². The molecule has 0 aromatic heterocycles. The molecule has 2 N–H and O–H groups in total. The summed E-state index contributed by atoms with van der Waals surface area (Å²) in [7, 11) is -3.59. The number of nitrogens with one attached hydrogen (secondary N) is 1.